The van der Waals surface area contributed by atoms with E-state index in [4.69, 9.17) is 14.2 Å². The van der Waals surface area contributed by atoms with E-state index in [1.54, 1.807) is 26.4 Å². The fraction of sp³-hybridized carbons (Fsp3) is 0.375. The normalized spacial score (nSPS) is 10.8. The summed E-state index contributed by atoms with van der Waals surface area (Å²) in [5.41, 5.74) is 1.81. The fourth-order valence-corrected chi connectivity index (χ4v) is 3.02. The van der Waals surface area contributed by atoms with Crippen molar-refractivity contribution in [2.24, 2.45) is 0 Å². The van der Waals surface area contributed by atoms with Gasteiger partial charge in [-0.1, -0.05) is 12.1 Å². The maximum absolute atomic E-state index is 13.6. The van der Waals surface area contributed by atoms with Crippen molar-refractivity contribution in [2.45, 2.75) is 19.3 Å². The lowest BCUT2D eigenvalue weighted by molar-refractivity contribution is -0.116. The zero-order valence-corrected chi connectivity index (χ0v) is 18.4. The average molecular weight is 431 g/mol. The zero-order chi connectivity index (χ0) is 22.5. The minimum absolute atomic E-state index is 0.179. The van der Waals surface area contributed by atoms with Crippen molar-refractivity contribution in [1.82, 2.24) is 10.6 Å². The van der Waals surface area contributed by atoms with E-state index >= 15 is 0 Å². The van der Waals surface area contributed by atoms with Gasteiger partial charge in [-0.3, -0.25) is 4.79 Å². The monoisotopic (exact) mass is 430 g/mol. The Kier molecular flexibility index (Phi) is 10.4. The molecule has 0 aliphatic carbocycles. The van der Waals surface area contributed by atoms with E-state index in [0.29, 0.717) is 12.1 Å². The molecule has 2 aromatic rings. The van der Waals surface area contributed by atoms with Gasteiger partial charge in [-0.25, -0.2) is 4.39 Å². The molecule has 2 aromatic carbocycles. The van der Waals surface area contributed by atoms with Crippen LogP contribution in [0.2, 0.25) is 0 Å². The van der Waals surface area contributed by atoms with E-state index in [2.05, 4.69) is 10.6 Å². The number of rotatable bonds is 13. The summed E-state index contributed by atoms with van der Waals surface area (Å²) in [5.74, 6) is 0.997. The molecule has 0 fully saturated rings. The average Bonchev–Trinajstić information content (AvgIpc) is 2.79. The van der Waals surface area contributed by atoms with Gasteiger partial charge in [0, 0.05) is 12.6 Å². The summed E-state index contributed by atoms with van der Waals surface area (Å²) >= 11 is 0. The van der Waals surface area contributed by atoms with Gasteiger partial charge in [-0.2, -0.15) is 0 Å². The smallest absolute Gasteiger partial charge is 0.243 e. The molecule has 31 heavy (non-hydrogen) atoms. The van der Waals surface area contributed by atoms with E-state index in [-0.39, 0.29) is 11.7 Å². The SMILES string of the molecule is COc1ccc(/C=C/C(=O)NCCCNCCCc2ccc(OC)c(OC)c2)cc1F. The van der Waals surface area contributed by atoms with Crippen molar-refractivity contribution < 1.29 is 23.4 Å². The van der Waals surface area contributed by atoms with E-state index in [1.807, 2.05) is 18.2 Å². The van der Waals surface area contributed by atoms with Gasteiger partial charge in [0.2, 0.25) is 5.91 Å². The Morgan fingerprint density at radius 1 is 0.903 bits per heavy atom. The van der Waals surface area contributed by atoms with Gasteiger partial charge in [0.1, 0.15) is 0 Å². The van der Waals surface area contributed by atoms with Crippen molar-refractivity contribution in [2.75, 3.05) is 41.0 Å². The Labute approximate surface area is 183 Å². The molecule has 0 aromatic heterocycles. The lowest BCUT2D eigenvalue weighted by atomic mass is 10.1. The van der Waals surface area contributed by atoms with E-state index in [0.717, 1.165) is 43.9 Å². The number of ether oxygens (including phenoxy) is 3. The van der Waals surface area contributed by atoms with Crippen molar-refractivity contribution in [3.8, 4) is 17.2 Å². The molecule has 2 N–H and O–H groups in total. The van der Waals surface area contributed by atoms with Crippen molar-refractivity contribution in [1.29, 1.82) is 0 Å². The number of methoxy groups -OCH3 is 3. The van der Waals surface area contributed by atoms with Crippen molar-refractivity contribution >= 4 is 12.0 Å². The molecule has 1 amide bonds. The summed E-state index contributed by atoms with van der Waals surface area (Å²) in [6.07, 6.45) is 5.75. The number of hydrogen-bond acceptors (Lipinski definition) is 5. The number of amides is 1. The van der Waals surface area contributed by atoms with Crippen LogP contribution in [-0.2, 0) is 11.2 Å². The lowest BCUT2D eigenvalue weighted by Gasteiger charge is -2.10. The van der Waals surface area contributed by atoms with Crippen LogP contribution in [0.25, 0.3) is 6.08 Å². The number of halogens is 1. The number of nitrogens with one attached hydrogen (secondary N) is 2. The number of hydrogen-bond donors (Lipinski definition) is 2. The van der Waals surface area contributed by atoms with Crippen molar-refractivity contribution in [3.63, 3.8) is 0 Å². The molecule has 0 atom stereocenters. The van der Waals surface area contributed by atoms with E-state index in [9.17, 15) is 9.18 Å². The predicted octanol–water partition coefficient (Wildman–Crippen LogP) is 3.59. The summed E-state index contributed by atoms with van der Waals surface area (Å²) in [5, 5.41) is 6.20. The number of carbonyl (C=O) groups excluding carboxylic acids is 1. The number of carbonyl (C=O) groups is 1. The van der Waals surface area contributed by atoms with Gasteiger partial charge in [0.15, 0.2) is 23.1 Å². The standard InChI is InChI=1S/C24H31FN2O4/c1-29-21-10-7-19(16-20(21)25)9-12-24(28)27-15-5-14-26-13-4-6-18-8-11-22(30-2)23(17-18)31-3/h7-12,16-17,26H,4-6,13-15H2,1-3H3,(H,27,28)/b12-9+. The summed E-state index contributed by atoms with van der Waals surface area (Å²) in [6, 6.07) is 10.5. The van der Waals surface area contributed by atoms with E-state index < -0.39 is 5.82 Å². The third-order valence-electron chi connectivity index (χ3n) is 4.70. The third kappa shape index (κ3) is 8.30. The molecule has 0 radical (unpaired) electrons. The lowest BCUT2D eigenvalue weighted by Crippen LogP contribution is -2.26. The molecule has 0 aliphatic heterocycles. The Morgan fingerprint density at radius 3 is 2.32 bits per heavy atom. The maximum Gasteiger partial charge on any atom is 0.243 e. The Balaban J connectivity index is 1.57. The quantitative estimate of drug-likeness (QED) is 0.375. The molecular formula is C24H31FN2O4. The van der Waals surface area contributed by atoms with Crippen LogP contribution in [0.5, 0.6) is 17.2 Å². The van der Waals surface area contributed by atoms with Crippen LogP contribution < -0.4 is 24.8 Å². The largest absolute Gasteiger partial charge is 0.494 e. The second-order valence-electron chi connectivity index (χ2n) is 6.91. The third-order valence-corrected chi connectivity index (χ3v) is 4.70. The highest BCUT2D eigenvalue weighted by molar-refractivity contribution is 5.91. The Bertz CT molecular complexity index is 871. The first kappa shape index (κ1) is 24.2. The molecule has 168 valence electrons. The zero-order valence-electron chi connectivity index (χ0n) is 18.4. The molecule has 0 unspecified atom stereocenters. The molecule has 2 rings (SSSR count). The summed E-state index contributed by atoms with van der Waals surface area (Å²) in [4.78, 5) is 11.9. The number of aryl methyl sites for hydroxylation is 1. The highest BCUT2D eigenvalue weighted by Crippen LogP contribution is 2.27. The van der Waals surface area contributed by atoms with Gasteiger partial charge in [0.05, 0.1) is 21.3 Å². The van der Waals surface area contributed by atoms with Crippen LogP contribution in [0.15, 0.2) is 42.5 Å². The van der Waals surface area contributed by atoms with Gasteiger partial charge in [0.25, 0.3) is 0 Å². The highest BCUT2D eigenvalue weighted by atomic mass is 19.1. The topological polar surface area (TPSA) is 68.8 Å². The Morgan fingerprint density at radius 2 is 1.61 bits per heavy atom. The van der Waals surface area contributed by atoms with Gasteiger partial charge in [-0.15, -0.1) is 0 Å². The summed E-state index contributed by atoms with van der Waals surface area (Å²) in [6.45, 7) is 2.29. The maximum atomic E-state index is 13.6. The Hall–Kier alpha value is -3.06. The highest BCUT2D eigenvalue weighted by Gasteiger charge is 2.04. The second-order valence-corrected chi connectivity index (χ2v) is 6.91. The molecular weight excluding hydrogens is 399 g/mol. The van der Waals surface area contributed by atoms with Crippen LogP contribution in [0.1, 0.15) is 24.0 Å². The first-order chi connectivity index (χ1) is 15.1. The first-order valence-corrected chi connectivity index (χ1v) is 10.3. The molecule has 0 heterocycles. The first-order valence-electron chi connectivity index (χ1n) is 10.3. The molecule has 0 spiro atoms. The fourth-order valence-electron chi connectivity index (χ4n) is 3.02. The summed E-state index contributed by atoms with van der Waals surface area (Å²) in [7, 11) is 4.67. The van der Waals surface area contributed by atoms with Gasteiger partial charge < -0.3 is 24.8 Å². The summed E-state index contributed by atoms with van der Waals surface area (Å²) < 4.78 is 29.1. The van der Waals surface area contributed by atoms with Gasteiger partial charge in [-0.05, 0) is 73.8 Å². The molecule has 6 nitrogen and oxygen atoms in total. The predicted molar refractivity (Wildman–Crippen MR) is 120 cm³/mol. The molecule has 0 saturated heterocycles. The minimum Gasteiger partial charge on any atom is -0.494 e. The van der Waals surface area contributed by atoms with E-state index in [1.165, 1.54) is 30.9 Å². The minimum atomic E-state index is -0.456. The molecule has 7 heteroatoms. The van der Waals surface area contributed by atoms with Crippen molar-refractivity contribution in [3.05, 3.63) is 59.4 Å². The van der Waals surface area contributed by atoms with Crippen LogP contribution in [0.3, 0.4) is 0 Å². The van der Waals surface area contributed by atoms with Crippen LogP contribution in [0, 0.1) is 5.82 Å². The number of benzene rings is 2. The molecule has 0 bridgehead atoms. The van der Waals surface area contributed by atoms with Crippen LogP contribution in [0.4, 0.5) is 4.39 Å². The van der Waals surface area contributed by atoms with Gasteiger partial charge >= 0.3 is 0 Å². The molecule has 0 saturated carbocycles. The van der Waals surface area contributed by atoms with Crippen LogP contribution in [-0.4, -0.2) is 46.9 Å². The van der Waals surface area contributed by atoms with Crippen LogP contribution >= 0.6 is 0 Å². The second kappa shape index (κ2) is 13.3. The molecule has 0 aliphatic rings.